The van der Waals surface area contributed by atoms with Crippen molar-refractivity contribution < 1.29 is 9.53 Å². The standard InChI is InChI=1S/C25H44O2Si/c1-23(2,3)28(5,6)27-17-25-15-8-7-9-18(25)10-11-19-20-12-13-22(26)24(20,4)16-14-21(19)25/h9,19-22,26H,7-8,10-17H2,1-6H3/t19-,20-,21-,22-,24-,25+/m0/s1. The molecule has 0 aromatic heterocycles. The van der Waals surface area contributed by atoms with Crippen LogP contribution in [0.1, 0.15) is 85.5 Å². The van der Waals surface area contributed by atoms with Gasteiger partial charge in [0.2, 0.25) is 0 Å². The monoisotopic (exact) mass is 404 g/mol. The Morgan fingerprint density at radius 3 is 2.57 bits per heavy atom. The fraction of sp³-hybridized carbons (Fsp3) is 0.920. The third kappa shape index (κ3) is 3.10. The van der Waals surface area contributed by atoms with Gasteiger partial charge in [0.05, 0.1) is 6.10 Å². The highest BCUT2D eigenvalue weighted by Crippen LogP contribution is 2.65. The molecule has 6 atom stereocenters. The van der Waals surface area contributed by atoms with Crippen LogP contribution in [-0.4, -0.2) is 26.1 Å². The molecule has 4 aliphatic carbocycles. The van der Waals surface area contributed by atoms with E-state index in [1.165, 1.54) is 51.4 Å². The van der Waals surface area contributed by atoms with Crippen LogP contribution in [0.4, 0.5) is 0 Å². The van der Waals surface area contributed by atoms with Crippen molar-refractivity contribution in [3.63, 3.8) is 0 Å². The molecule has 3 heteroatoms. The highest BCUT2D eigenvalue weighted by Gasteiger charge is 2.60. The molecule has 3 saturated carbocycles. The largest absolute Gasteiger partial charge is 0.416 e. The van der Waals surface area contributed by atoms with E-state index in [-0.39, 0.29) is 16.6 Å². The molecule has 0 spiro atoms. The first-order chi connectivity index (χ1) is 13.0. The number of aliphatic hydroxyl groups excluding tert-OH is 1. The van der Waals surface area contributed by atoms with E-state index in [2.05, 4.69) is 46.9 Å². The van der Waals surface area contributed by atoms with Crippen molar-refractivity contribution in [2.75, 3.05) is 6.61 Å². The second-order valence-electron chi connectivity index (χ2n) is 12.4. The van der Waals surface area contributed by atoms with Crippen LogP contribution in [0.2, 0.25) is 18.1 Å². The topological polar surface area (TPSA) is 29.5 Å². The van der Waals surface area contributed by atoms with Crippen molar-refractivity contribution in [1.82, 2.24) is 0 Å². The van der Waals surface area contributed by atoms with E-state index in [9.17, 15) is 5.11 Å². The van der Waals surface area contributed by atoms with Crippen LogP contribution in [0.25, 0.3) is 0 Å². The van der Waals surface area contributed by atoms with Crippen molar-refractivity contribution in [3.8, 4) is 0 Å². The van der Waals surface area contributed by atoms with Gasteiger partial charge >= 0.3 is 0 Å². The van der Waals surface area contributed by atoms with E-state index in [1.807, 2.05) is 0 Å². The number of allylic oxidation sites excluding steroid dienone is 1. The summed E-state index contributed by atoms with van der Waals surface area (Å²) in [7, 11) is -1.75. The highest BCUT2D eigenvalue weighted by atomic mass is 28.4. The molecule has 4 aliphatic rings. The molecule has 1 N–H and O–H groups in total. The van der Waals surface area contributed by atoms with Crippen LogP contribution in [0, 0.1) is 28.6 Å². The van der Waals surface area contributed by atoms with Crippen molar-refractivity contribution in [3.05, 3.63) is 11.6 Å². The van der Waals surface area contributed by atoms with E-state index >= 15 is 0 Å². The molecule has 28 heavy (non-hydrogen) atoms. The molecule has 0 bridgehead atoms. The molecule has 3 fully saturated rings. The summed E-state index contributed by atoms with van der Waals surface area (Å²) in [5.41, 5.74) is 2.23. The van der Waals surface area contributed by atoms with Gasteiger partial charge in [-0.05, 0) is 99.1 Å². The van der Waals surface area contributed by atoms with Gasteiger partial charge in [0, 0.05) is 12.0 Å². The number of aliphatic hydroxyl groups is 1. The van der Waals surface area contributed by atoms with E-state index in [0.717, 1.165) is 30.8 Å². The predicted molar refractivity (Wildman–Crippen MR) is 120 cm³/mol. The number of hydrogen-bond donors (Lipinski definition) is 1. The zero-order chi connectivity index (χ0) is 20.4. The molecule has 0 heterocycles. The molecule has 0 aromatic rings. The molecule has 2 nitrogen and oxygen atoms in total. The summed E-state index contributed by atoms with van der Waals surface area (Å²) >= 11 is 0. The Kier molecular flexibility index (Phi) is 5.24. The average Bonchev–Trinajstić information content (AvgIpc) is 2.94. The van der Waals surface area contributed by atoms with Crippen LogP contribution in [-0.2, 0) is 4.43 Å². The van der Waals surface area contributed by atoms with Crippen molar-refractivity contribution in [2.45, 2.75) is 110 Å². The minimum absolute atomic E-state index is 0.0684. The van der Waals surface area contributed by atoms with E-state index in [4.69, 9.17) is 4.43 Å². The van der Waals surface area contributed by atoms with Gasteiger partial charge in [0.15, 0.2) is 8.32 Å². The first-order valence-electron chi connectivity index (χ1n) is 12.0. The van der Waals surface area contributed by atoms with Gasteiger partial charge in [0.25, 0.3) is 0 Å². The molecular weight excluding hydrogens is 360 g/mol. The lowest BCUT2D eigenvalue weighted by Gasteiger charge is -2.59. The van der Waals surface area contributed by atoms with Crippen LogP contribution in [0.3, 0.4) is 0 Å². The Bertz CT molecular complexity index is 633. The van der Waals surface area contributed by atoms with Gasteiger partial charge in [-0.15, -0.1) is 0 Å². The normalized spacial score (nSPS) is 43.8. The summed E-state index contributed by atoms with van der Waals surface area (Å²) in [5, 5.41) is 11.0. The minimum Gasteiger partial charge on any atom is -0.416 e. The summed E-state index contributed by atoms with van der Waals surface area (Å²) in [4.78, 5) is 0. The summed E-state index contributed by atoms with van der Waals surface area (Å²) in [6.45, 7) is 15.3. The third-order valence-electron chi connectivity index (χ3n) is 10.2. The highest BCUT2D eigenvalue weighted by molar-refractivity contribution is 6.74. The van der Waals surface area contributed by atoms with Gasteiger partial charge < -0.3 is 9.53 Å². The lowest BCUT2D eigenvalue weighted by Crippen LogP contribution is -2.55. The molecule has 0 saturated heterocycles. The maximum absolute atomic E-state index is 10.7. The molecule has 0 amide bonds. The third-order valence-corrected chi connectivity index (χ3v) is 14.7. The zero-order valence-corrected chi connectivity index (χ0v) is 20.3. The fourth-order valence-corrected chi connectivity index (χ4v) is 8.35. The van der Waals surface area contributed by atoms with Gasteiger partial charge in [-0.1, -0.05) is 39.3 Å². The summed E-state index contributed by atoms with van der Waals surface area (Å²) in [5.74, 6) is 2.31. The number of rotatable bonds is 3. The van der Waals surface area contributed by atoms with Gasteiger partial charge in [0.1, 0.15) is 0 Å². The molecule has 160 valence electrons. The smallest absolute Gasteiger partial charge is 0.192 e. The molecule has 4 rings (SSSR count). The summed E-state index contributed by atoms with van der Waals surface area (Å²) in [6, 6.07) is 0. The van der Waals surface area contributed by atoms with Crippen molar-refractivity contribution in [2.24, 2.45) is 28.6 Å². The molecule has 0 aromatic carbocycles. The molecule has 0 aliphatic heterocycles. The van der Waals surface area contributed by atoms with Crippen LogP contribution in [0.5, 0.6) is 0 Å². The van der Waals surface area contributed by atoms with E-state index in [1.54, 1.807) is 5.57 Å². The predicted octanol–water partition coefficient (Wildman–Crippen LogP) is 6.70. The number of hydrogen-bond acceptors (Lipinski definition) is 2. The molecular formula is C25H44O2Si. The molecule has 0 unspecified atom stereocenters. The summed E-state index contributed by atoms with van der Waals surface area (Å²) in [6.07, 6.45) is 13.9. The van der Waals surface area contributed by atoms with E-state index in [0.29, 0.717) is 5.41 Å². The maximum atomic E-state index is 10.7. The van der Waals surface area contributed by atoms with Gasteiger partial charge in [-0.3, -0.25) is 0 Å². The SMILES string of the molecule is CC(C)(C)[Si](C)(C)OC[C@]12CCCC=C1CC[C@@H]1[C@@H]2CC[C@]2(C)[C@@H](O)CC[C@@H]12. The van der Waals surface area contributed by atoms with Crippen LogP contribution in [0.15, 0.2) is 11.6 Å². The van der Waals surface area contributed by atoms with Crippen molar-refractivity contribution >= 4 is 8.32 Å². The number of fused-ring (bicyclic) bond motifs is 5. The second-order valence-corrected chi connectivity index (χ2v) is 17.2. The van der Waals surface area contributed by atoms with Gasteiger partial charge in [-0.2, -0.15) is 0 Å². The summed E-state index contributed by atoms with van der Waals surface area (Å²) < 4.78 is 6.95. The first-order valence-corrected chi connectivity index (χ1v) is 14.9. The van der Waals surface area contributed by atoms with E-state index < -0.39 is 8.32 Å². The Hall–Kier alpha value is -0.123. The van der Waals surface area contributed by atoms with Crippen LogP contribution < -0.4 is 0 Å². The first kappa shape index (κ1) is 21.1. The molecule has 0 radical (unpaired) electrons. The quantitative estimate of drug-likeness (QED) is 0.419. The fourth-order valence-electron chi connectivity index (χ4n) is 7.30. The van der Waals surface area contributed by atoms with Crippen molar-refractivity contribution in [1.29, 1.82) is 0 Å². The maximum Gasteiger partial charge on any atom is 0.192 e. The van der Waals surface area contributed by atoms with Gasteiger partial charge in [-0.25, -0.2) is 0 Å². The Morgan fingerprint density at radius 1 is 1.11 bits per heavy atom. The zero-order valence-electron chi connectivity index (χ0n) is 19.3. The lowest BCUT2D eigenvalue weighted by molar-refractivity contribution is -0.0888. The second kappa shape index (κ2) is 6.95. The Balaban J connectivity index is 1.64. The average molecular weight is 405 g/mol. The Morgan fingerprint density at radius 2 is 1.86 bits per heavy atom. The lowest BCUT2D eigenvalue weighted by atomic mass is 9.47. The minimum atomic E-state index is -1.75. The Labute approximate surface area is 174 Å². The van der Waals surface area contributed by atoms with Crippen LogP contribution >= 0.6 is 0 Å².